The van der Waals surface area contributed by atoms with Crippen molar-refractivity contribution in [2.75, 3.05) is 0 Å². The van der Waals surface area contributed by atoms with Crippen LogP contribution in [0.3, 0.4) is 0 Å². The Kier molecular flexibility index (Phi) is 3.53. The monoisotopic (exact) mass is 296 g/mol. The van der Waals surface area contributed by atoms with Gasteiger partial charge in [-0.25, -0.2) is 0 Å². The molecule has 0 N–H and O–H groups in total. The van der Waals surface area contributed by atoms with Crippen LogP contribution in [0.5, 0.6) is 5.75 Å². The molecular formula is C15H21BrO. The predicted molar refractivity (Wildman–Crippen MR) is 76.1 cm³/mol. The van der Waals surface area contributed by atoms with Crippen LogP contribution in [0.15, 0.2) is 24.3 Å². The molecule has 0 amide bonds. The van der Waals surface area contributed by atoms with Crippen molar-refractivity contribution in [1.82, 2.24) is 0 Å². The highest BCUT2D eigenvalue weighted by molar-refractivity contribution is 9.09. The molecule has 0 bridgehead atoms. The van der Waals surface area contributed by atoms with Gasteiger partial charge >= 0.3 is 0 Å². The highest BCUT2D eigenvalue weighted by Crippen LogP contribution is 2.47. The fraction of sp³-hybridized carbons (Fsp3) is 0.600. The first-order valence-corrected chi connectivity index (χ1v) is 7.23. The van der Waals surface area contributed by atoms with Crippen molar-refractivity contribution in [2.24, 2.45) is 5.41 Å². The van der Waals surface area contributed by atoms with E-state index in [-0.39, 0.29) is 5.41 Å². The summed E-state index contributed by atoms with van der Waals surface area (Å²) >= 11 is 3.69. The van der Waals surface area contributed by atoms with Crippen LogP contribution in [0.4, 0.5) is 0 Å². The highest BCUT2D eigenvalue weighted by Gasteiger charge is 2.48. The summed E-state index contributed by atoms with van der Waals surface area (Å²) in [5.41, 5.74) is 1.60. The lowest BCUT2D eigenvalue weighted by Gasteiger charge is -2.48. The number of ether oxygens (including phenoxy) is 1. The van der Waals surface area contributed by atoms with Crippen LogP contribution in [0.1, 0.15) is 45.6 Å². The fourth-order valence-electron chi connectivity index (χ4n) is 2.13. The molecule has 0 aliphatic heterocycles. The zero-order chi connectivity index (χ0) is 12.6. The summed E-state index contributed by atoms with van der Waals surface area (Å²) in [6.07, 6.45) is 1.43. The van der Waals surface area contributed by atoms with Gasteiger partial charge in [0.05, 0.1) is 0 Å². The van der Waals surface area contributed by atoms with Crippen molar-refractivity contribution in [3.8, 4) is 5.75 Å². The lowest BCUT2D eigenvalue weighted by Crippen LogP contribution is -2.53. The van der Waals surface area contributed by atoms with Crippen LogP contribution in [0.25, 0.3) is 0 Å². The molecule has 2 heteroatoms. The molecule has 0 radical (unpaired) electrons. The molecule has 2 unspecified atom stereocenters. The first-order chi connectivity index (χ1) is 7.91. The maximum absolute atomic E-state index is 6.04. The molecule has 2 atom stereocenters. The van der Waals surface area contributed by atoms with Crippen LogP contribution in [-0.2, 0) is 0 Å². The van der Waals surface area contributed by atoms with Crippen molar-refractivity contribution in [2.45, 2.75) is 51.0 Å². The van der Waals surface area contributed by atoms with Gasteiger partial charge in [-0.1, -0.05) is 55.8 Å². The number of hydrogen-bond donors (Lipinski definition) is 0. The molecule has 2 rings (SSSR count). The summed E-state index contributed by atoms with van der Waals surface area (Å²) in [6, 6.07) is 8.51. The molecule has 1 aromatic rings. The molecule has 0 saturated heterocycles. The minimum atomic E-state index is 0.233. The first-order valence-electron chi connectivity index (χ1n) is 6.32. The molecular weight excluding hydrogens is 276 g/mol. The lowest BCUT2D eigenvalue weighted by molar-refractivity contribution is -0.00780. The molecule has 1 fully saturated rings. The Hall–Kier alpha value is -0.500. The van der Waals surface area contributed by atoms with E-state index in [1.807, 2.05) is 0 Å². The van der Waals surface area contributed by atoms with E-state index >= 15 is 0 Å². The second-order valence-electron chi connectivity index (χ2n) is 5.85. The van der Waals surface area contributed by atoms with E-state index in [0.717, 1.165) is 12.2 Å². The summed E-state index contributed by atoms with van der Waals surface area (Å²) in [7, 11) is 0. The van der Waals surface area contributed by atoms with Crippen LogP contribution >= 0.6 is 15.9 Å². The van der Waals surface area contributed by atoms with Crippen molar-refractivity contribution in [3.05, 3.63) is 29.8 Å². The van der Waals surface area contributed by atoms with Gasteiger partial charge in [0.15, 0.2) is 0 Å². The van der Waals surface area contributed by atoms with E-state index in [4.69, 9.17) is 4.74 Å². The normalized spacial score (nSPS) is 26.7. The van der Waals surface area contributed by atoms with Gasteiger partial charge in [0.2, 0.25) is 0 Å². The Labute approximate surface area is 113 Å². The van der Waals surface area contributed by atoms with Crippen LogP contribution < -0.4 is 4.74 Å². The second kappa shape index (κ2) is 4.64. The molecule has 94 valence electrons. The number of alkyl halides is 1. The number of halogens is 1. The molecule has 1 aromatic carbocycles. The van der Waals surface area contributed by atoms with Gasteiger partial charge in [0.25, 0.3) is 0 Å². The average molecular weight is 297 g/mol. The minimum Gasteiger partial charge on any atom is -0.490 e. The van der Waals surface area contributed by atoms with Gasteiger partial charge in [-0.05, 0) is 30.0 Å². The average Bonchev–Trinajstić information content (AvgIpc) is 2.29. The first kappa shape index (κ1) is 12.9. The molecule has 0 spiro atoms. The minimum absolute atomic E-state index is 0.233. The number of hydrogen-bond acceptors (Lipinski definition) is 1. The third-order valence-corrected chi connectivity index (χ3v) is 5.44. The number of rotatable bonds is 3. The predicted octanol–water partition coefficient (Wildman–Crippen LogP) is 4.75. The molecule has 1 aliphatic rings. The fourth-order valence-corrected chi connectivity index (χ4v) is 2.77. The van der Waals surface area contributed by atoms with Crippen LogP contribution in [0.2, 0.25) is 0 Å². The van der Waals surface area contributed by atoms with Crippen LogP contribution in [0, 0.1) is 5.41 Å². The Bertz CT molecular complexity index is 380. The smallest absolute Gasteiger partial charge is 0.119 e. The Morgan fingerprint density at radius 2 is 1.82 bits per heavy atom. The van der Waals surface area contributed by atoms with E-state index in [0.29, 0.717) is 16.8 Å². The quantitative estimate of drug-likeness (QED) is 0.731. The molecule has 17 heavy (non-hydrogen) atoms. The molecule has 0 aromatic heterocycles. The van der Waals surface area contributed by atoms with Gasteiger partial charge < -0.3 is 4.74 Å². The Morgan fingerprint density at radius 1 is 1.24 bits per heavy atom. The standard InChI is InChI=1S/C15H21BrO/c1-10(2)11-5-7-12(8-6-11)17-14-9-13(16)15(14,3)4/h5-8,10,13-14H,9H2,1-4H3. The topological polar surface area (TPSA) is 9.23 Å². The maximum atomic E-state index is 6.04. The summed E-state index contributed by atoms with van der Waals surface area (Å²) in [6.45, 7) is 8.92. The molecule has 0 heterocycles. The van der Waals surface area contributed by atoms with Gasteiger partial charge in [0.1, 0.15) is 11.9 Å². The summed E-state index contributed by atoms with van der Waals surface area (Å²) in [5, 5.41) is 0. The van der Waals surface area contributed by atoms with E-state index in [1.165, 1.54) is 5.56 Å². The Balaban J connectivity index is 2.01. The molecule has 1 nitrogen and oxygen atoms in total. The lowest BCUT2D eigenvalue weighted by atomic mass is 9.69. The van der Waals surface area contributed by atoms with Crippen molar-refractivity contribution in [3.63, 3.8) is 0 Å². The van der Waals surface area contributed by atoms with Gasteiger partial charge in [-0.2, -0.15) is 0 Å². The van der Waals surface area contributed by atoms with E-state index in [9.17, 15) is 0 Å². The summed E-state index contributed by atoms with van der Waals surface area (Å²) in [4.78, 5) is 0.579. The summed E-state index contributed by atoms with van der Waals surface area (Å²) in [5.74, 6) is 1.57. The maximum Gasteiger partial charge on any atom is 0.119 e. The molecule has 1 saturated carbocycles. The second-order valence-corrected chi connectivity index (χ2v) is 6.96. The highest BCUT2D eigenvalue weighted by atomic mass is 79.9. The van der Waals surface area contributed by atoms with Gasteiger partial charge in [-0.15, -0.1) is 0 Å². The SMILES string of the molecule is CC(C)c1ccc(OC2CC(Br)C2(C)C)cc1. The zero-order valence-corrected chi connectivity index (χ0v) is 12.6. The summed E-state index contributed by atoms with van der Waals surface area (Å²) < 4.78 is 6.04. The van der Waals surface area contributed by atoms with E-state index in [1.54, 1.807) is 0 Å². The Morgan fingerprint density at radius 3 is 2.24 bits per heavy atom. The van der Waals surface area contributed by atoms with E-state index in [2.05, 4.69) is 67.9 Å². The molecule has 1 aliphatic carbocycles. The largest absolute Gasteiger partial charge is 0.490 e. The van der Waals surface area contributed by atoms with E-state index < -0.39 is 0 Å². The zero-order valence-electron chi connectivity index (χ0n) is 11.0. The third-order valence-electron chi connectivity index (χ3n) is 3.88. The number of benzene rings is 1. The van der Waals surface area contributed by atoms with Gasteiger partial charge in [-0.3, -0.25) is 0 Å². The van der Waals surface area contributed by atoms with Crippen LogP contribution in [-0.4, -0.2) is 10.9 Å². The van der Waals surface area contributed by atoms with Crippen molar-refractivity contribution in [1.29, 1.82) is 0 Å². The van der Waals surface area contributed by atoms with Crippen molar-refractivity contribution < 1.29 is 4.74 Å². The third kappa shape index (κ3) is 2.52. The van der Waals surface area contributed by atoms with Gasteiger partial charge in [0, 0.05) is 10.2 Å². The van der Waals surface area contributed by atoms with Crippen molar-refractivity contribution >= 4 is 15.9 Å².